The highest BCUT2D eigenvalue weighted by Crippen LogP contribution is 2.23. The monoisotopic (exact) mass is 276 g/mol. The third-order valence-corrected chi connectivity index (χ3v) is 3.16. The second-order valence-electron chi connectivity index (χ2n) is 4.78. The molecular weight excluding hydrogens is 260 g/mol. The predicted octanol–water partition coefficient (Wildman–Crippen LogP) is 3.91. The molecule has 0 saturated heterocycles. The number of nitrogen functional groups attached to an aromatic ring is 1. The van der Waals surface area contributed by atoms with Crippen LogP contribution in [0.2, 0.25) is 0 Å². The van der Waals surface area contributed by atoms with Gasteiger partial charge in [0, 0.05) is 5.56 Å². The molecule has 3 heteroatoms. The number of nitrogens with zero attached hydrogens (tertiary/aromatic N) is 1. The Bertz CT molecular complexity index is 709. The van der Waals surface area contributed by atoms with Crippen molar-refractivity contribution in [3.05, 3.63) is 78.5 Å². The Balaban J connectivity index is 1.75. The standard InChI is InChI=1S/C18H16N2O/c19-16-9-10-18(20-12-16)15-7-4-8-17(11-15)21-13-14-5-2-1-3-6-14/h1-12H,13,19H2. The number of aromatic nitrogens is 1. The number of pyridine rings is 1. The molecular formula is C18H16N2O. The van der Waals surface area contributed by atoms with Crippen molar-refractivity contribution in [2.75, 3.05) is 5.73 Å². The van der Waals surface area contributed by atoms with E-state index in [1.165, 1.54) is 0 Å². The molecule has 3 aromatic rings. The normalized spacial score (nSPS) is 10.3. The van der Waals surface area contributed by atoms with Gasteiger partial charge in [-0.15, -0.1) is 0 Å². The van der Waals surface area contributed by atoms with Crippen molar-refractivity contribution in [1.29, 1.82) is 0 Å². The number of nitrogens with two attached hydrogens (primary N) is 1. The number of anilines is 1. The summed E-state index contributed by atoms with van der Waals surface area (Å²) in [5, 5.41) is 0. The van der Waals surface area contributed by atoms with Crippen molar-refractivity contribution in [1.82, 2.24) is 4.98 Å². The highest BCUT2D eigenvalue weighted by atomic mass is 16.5. The summed E-state index contributed by atoms with van der Waals surface area (Å²) in [5.74, 6) is 0.829. The summed E-state index contributed by atoms with van der Waals surface area (Å²) in [6.45, 7) is 0.555. The van der Waals surface area contributed by atoms with Crippen LogP contribution in [-0.2, 0) is 6.61 Å². The average Bonchev–Trinajstić information content (AvgIpc) is 2.55. The fourth-order valence-corrected chi connectivity index (χ4v) is 2.06. The minimum Gasteiger partial charge on any atom is -0.489 e. The van der Waals surface area contributed by atoms with Gasteiger partial charge in [-0.05, 0) is 29.8 Å². The molecule has 0 atom stereocenters. The van der Waals surface area contributed by atoms with Crippen molar-refractivity contribution in [2.24, 2.45) is 0 Å². The van der Waals surface area contributed by atoms with E-state index in [1.807, 2.05) is 66.7 Å². The van der Waals surface area contributed by atoms with Crippen LogP contribution in [0.25, 0.3) is 11.3 Å². The maximum absolute atomic E-state index is 5.83. The van der Waals surface area contributed by atoms with Gasteiger partial charge < -0.3 is 10.5 Å². The van der Waals surface area contributed by atoms with Crippen molar-refractivity contribution < 1.29 is 4.74 Å². The lowest BCUT2D eigenvalue weighted by Crippen LogP contribution is -1.95. The van der Waals surface area contributed by atoms with Gasteiger partial charge in [0.25, 0.3) is 0 Å². The zero-order chi connectivity index (χ0) is 14.5. The molecule has 0 fully saturated rings. The first-order valence-electron chi connectivity index (χ1n) is 6.80. The molecule has 2 aromatic carbocycles. The van der Waals surface area contributed by atoms with Crippen LogP contribution < -0.4 is 10.5 Å². The van der Waals surface area contributed by atoms with Crippen LogP contribution in [0.1, 0.15) is 5.56 Å². The van der Waals surface area contributed by atoms with E-state index in [-0.39, 0.29) is 0 Å². The molecule has 3 rings (SSSR count). The maximum Gasteiger partial charge on any atom is 0.120 e. The van der Waals surface area contributed by atoms with Crippen LogP contribution in [-0.4, -0.2) is 4.98 Å². The molecule has 0 aliphatic heterocycles. The molecule has 0 saturated carbocycles. The van der Waals surface area contributed by atoms with Crippen LogP contribution in [0.5, 0.6) is 5.75 Å². The Kier molecular flexibility index (Phi) is 3.83. The van der Waals surface area contributed by atoms with Gasteiger partial charge in [0.2, 0.25) is 0 Å². The van der Waals surface area contributed by atoms with Gasteiger partial charge in [-0.25, -0.2) is 0 Å². The van der Waals surface area contributed by atoms with Crippen molar-refractivity contribution in [2.45, 2.75) is 6.61 Å². The van der Waals surface area contributed by atoms with E-state index < -0.39 is 0 Å². The van der Waals surface area contributed by atoms with E-state index in [0.717, 1.165) is 22.6 Å². The van der Waals surface area contributed by atoms with E-state index in [1.54, 1.807) is 6.20 Å². The lowest BCUT2D eigenvalue weighted by molar-refractivity contribution is 0.306. The Labute approximate surface area is 124 Å². The number of rotatable bonds is 4. The van der Waals surface area contributed by atoms with Gasteiger partial charge in [-0.2, -0.15) is 0 Å². The smallest absolute Gasteiger partial charge is 0.120 e. The number of ether oxygens (including phenoxy) is 1. The van der Waals surface area contributed by atoms with Gasteiger partial charge in [0.1, 0.15) is 12.4 Å². The molecule has 21 heavy (non-hydrogen) atoms. The molecule has 0 aliphatic carbocycles. The number of hydrogen-bond acceptors (Lipinski definition) is 3. The molecule has 0 aliphatic rings. The topological polar surface area (TPSA) is 48.1 Å². The minimum absolute atomic E-state index is 0.555. The number of hydrogen-bond donors (Lipinski definition) is 1. The van der Waals surface area contributed by atoms with Gasteiger partial charge in [0.15, 0.2) is 0 Å². The lowest BCUT2D eigenvalue weighted by Gasteiger charge is -2.08. The summed E-state index contributed by atoms with van der Waals surface area (Å²) in [7, 11) is 0. The largest absolute Gasteiger partial charge is 0.489 e. The SMILES string of the molecule is Nc1ccc(-c2cccc(OCc3ccccc3)c2)nc1. The summed E-state index contributed by atoms with van der Waals surface area (Å²) in [6, 6.07) is 21.8. The van der Waals surface area contributed by atoms with E-state index in [4.69, 9.17) is 10.5 Å². The zero-order valence-corrected chi connectivity index (χ0v) is 11.6. The van der Waals surface area contributed by atoms with Gasteiger partial charge in [-0.3, -0.25) is 4.98 Å². The van der Waals surface area contributed by atoms with Gasteiger partial charge >= 0.3 is 0 Å². The van der Waals surface area contributed by atoms with Crippen LogP contribution >= 0.6 is 0 Å². The molecule has 0 spiro atoms. The first-order chi connectivity index (χ1) is 10.3. The van der Waals surface area contributed by atoms with Crippen LogP contribution in [0, 0.1) is 0 Å². The molecule has 1 aromatic heterocycles. The Hall–Kier alpha value is -2.81. The third kappa shape index (κ3) is 3.39. The van der Waals surface area contributed by atoms with E-state index in [0.29, 0.717) is 12.3 Å². The van der Waals surface area contributed by atoms with E-state index in [2.05, 4.69) is 4.98 Å². The van der Waals surface area contributed by atoms with Crippen molar-refractivity contribution in [3.8, 4) is 17.0 Å². The summed E-state index contributed by atoms with van der Waals surface area (Å²) in [6.07, 6.45) is 1.66. The lowest BCUT2D eigenvalue weighted by atomic mass is 10.1. The molecule has 0 radical (unpaired) electrons. The fourth-order valence-electron chi connectivity index (χ4n) is 2.06. The summed E-state index contributed by atoms with van der Waals surface area (Å²) >= 11 is 0. The summed E-state index contributed by atoms with van der Waals surface area (Å²) in [4.78, 5) is 4.33. The van der Waals surface area contributed by atoms with Crippen LogP contribution in [0.3, 0.4) is 0 Å². The van der Waals surface area contributed by atoms with E-state index in [9.17, 15) is 0 Å². The van der Waals surface area contributed by atoms with Crippen LogP contribution in [0.4, 0.5) is 5.69 Å². The van der Waals surface area contributed by atoms with E-state index >= 15 is 0 Å². The Morgan fingerprint density at radius 3 is 2.52 bits per heavy atom. The summed E-state index contributed by atoms with van der Waals surface area (Å²) in [5.41, 5.74) is 9.37. The predicted molar refractivity (Wildman–Crippen MR) is 84.9 cm³/mol. The van der Waals surface area contributed by atoms with Crippen molar-refractivity contribution >= 4 is 5.69 Å². The van der Waals surface area contributed by atoms with Gasteiger partial charge in [-0.1, -0.05) is 42.5 Å². The third-order valence-electron chi connectivity index (χ3n) is 3.16. The molecule has 2 N–H and O–H groups in total. The zero-order valence-electron chi connectivity index (χ0n) is 11.6. The van der Waals surface area contributed by atoms with Gasteiger partial charge in [0.05, 0.1) is 17.6 Å². The summed E-state index contributed by atoms with van der Waals surface area (Å²) < 4.78 is 5.83. The second-order valence-corrected chi connectivity index (χ2v) is 4.78. The van der Waals surface area contributed by atoms with Crippen LogP contribution in [0.15, 0.2) is 72.9 Å². The highest BCUT2D eigenvalue weighted by molar-refractivity contribution is 5.62. The highest BCUT2D eigenvalue weighted by Gasteiger charge is 2.02. The van der Waals surface area contributed by atoms with Crippen molar-refractivity contribution in [3.63, 3.8) is 0 Å². The first-order valence-corrected chi connectivity index (χ1v) is 6.80. The maximum atomic E-state index is 5.83. The first kappa shape index (κ1) is 13.2. The minimum atomic E-state index is 0.555. The quantitative estimate of drug-likeness (QED) is 0.786. The number of benzene rings is 2. The molecule has 0 unspecified atom stereocenters. The molecule has 0 bridgehead atoms. The fraction of sp³-hybridized carbons (Fsp3) is 0.0556. The molecule has 3 nitrogen and oxygen atoms in total. The Morgan fingerprint density at radius 1 is 0.905 bits per heavy atom. The molecule has 0 amide bonds. The average molecular weight is 276 g/mol. The molecule has 104 valence electrons. The Morgan fingerprint density at radius 2 is 1.76 bits per heavy atom. The second kappa shape index (κ2) is 6.09. The molecule has 1 heterocycles.